The van der Waals surface area contributed by atoms with Crippen molar-refractivity contribution >= 4 is 0 Å². The number of para-hydroxylation sites is 1. The van der Waals surface area contributed by atoms with Crippen molar-refractivity contribution in [2.75, 3.05) is 7.11 Å². The molecule has 2 nitrogen and oxygen atoms in total. The number of hydrogen-bond acceptors (Lipinski definition) is 2. The van der Waals surface area contributed by atoms with Crippen molar-refractivity contribution in [3.8, 4) is 5.75 Å². The van der Waals surface area contributed by atoms with Crippen LogP contribution in [0.1, 0.15) is 18.1 Å². The largest absolute Gasteiger partial charge is 0.496 e. The molecule has 0 saturated heterocycles. The van der Waals surface area contributed by atoms with Gasteiger partial charge in [0, 0.05) is 12.0 Å². The lowest BCUT2D eigenvalue weighted by Gasteiger charge is -2.34. The third-order valence-corrected chi connectivity index (χ3v) is 3.16. The van der Waals surface area contributed by atoms with Gasteiger partial charge in [0.15, 0.2) is 0 Å². The molecule has 24 heavy (non-hydrogen) atoms. The molecule has 0 aromatic heterocycles. The molecule has 138 valence electrons. The highest BCUT2D eigenvalue weighted by Gasteiger charge is 2.81. The summed E-state index contributed by atoms with van der Waals surface area (Å²) in [6.07, 6.45) is -11.7. The van der Waals surface area contributed by atoms with Gasteiger partial charge >= 0.3 is 23.9 Å². The molecule has 0 spiro atoms. The van der Waals surface area contributed by atoms with E-state index in [1.54, 1.807) is 0 Å². The van der Waals surface area contributed by atoms with E-state index in [4.69, 9.17) is 0 Å². The highest BCUT2D eigenvalue weighted by molar-refractivity contribution is 5.35. The normalized spacial score (nSPS) is 15.3. The van der Waals surface area contributed by atoms with E-state index in [-0.39, 0.29) is 5.75 Å². The molecule has 1 aromatic rings. The first kappa shape index (κ1) is 20.4. The molecule has 0 saturated carbocycles. The van der Waals surface area contributed by atoms with Gasteiger partial charge in [-0.25, -0.2) is 0 Å². The highest BCUT2D eigenvalue weighted by Crippen LogP contribution is 2.55. The zero-order valence-corrected chi connectivity index (χ0v) is 11.9. The van der Waals surface area contributed by atoms with E-state index in [2.05, 4.69) is 4.74 Å². The van der Waals surface area contributed by atoms with Crippen molar-refractivity contribution in [2.24, 2.45) is 0 Å². The third-order valence-electron chi connectivity index (χ3n) is 3.16. The monoisotopic (exact) mass is 370 g/mol. The van der Waals surface area contributed by atoms with Gasteiger partial charge in [-0.3, -0.25) is 0 Å². The van der Waals surface area contributed by atoms with E-state index in [1.807, 2.05) is 0 Å². The van der Waals surface area contributed by atoms with Crippen LogP contribution in [0.5, 0.6) is 5.75 Å². The minimum Gasteiger partial charge on any atom is -0.496 e. The molecule has 0 aliphatic rings. The molecule has 1 rings (SSSR count). The van der Waals surface area contributed by atoms with Crippen LogP contribution in [0.3, 0.4) is 0 Å². The van der Waals surface area contributed by atoms with Crippen molar-refractivity contribution in [1.82, 2.24) is 0 Å². The van der Waals surface area contributed by atoms with Gasteiger partial charge in [-0.2, -0.15) is 39.5 Å². The van der Waals surface area contributed by atoms with Gasteiger partial charge in [-0.05, 0) is 6.07 Å². The molecule has 1 atom stereocenters. The van der Waals surface area contributed by atoms with Gasteiger partial charge in [0.1, 0.15) is 5.75 Å². The number of alkyl halides is 9. The Morgan fingerprint density at radius 2 is 1.42 bits per heavy atom. The molecule has 0 heterocycles. The summed E-state index contributed by atoms with van der Waals surface area (Å²) >= 11 is 0. The number of methoxy groups -OCH3 is 1. The SMILES string of the molecule is COc1ccccc1C(O)CC(F)(F)C(F)(F)C(F)(F)C(F)(F)F. The van der Waals surface area contributed by atoms with E-state index >= 15 is 0 Å². The van der Waals surface area contributed by atoms with Gasteiger partial charge in [-0.1, -0.05) is 18.2 Å². The Kier molecular flexibility index (Phi) is 5.39. The Balaban J connectivity index is 3.16. The summed E-state index contributed by atoms with van der Waals surface area (Å²) in [5, 5.41) is 9.58. The average Bonchev–Trinajstić information content (AvgIpc) is 2.45. The lowest BCUT2D eigenvalue weighted by Crippen LogP contribution is -2.61. The van der Waals surface area contributed by atoms with Crippen molar-refractivity contribution in [3.05, 3.63) is 29.8 Å². The van der Waals surface area contributed by atoms with Crippen LogP contribution in [-0.2, 0) is 0 Å². The smallest absolute Gasteiger partial charge is 0.460 e. The van der Waals surface area contributed by atoms with Gasteiger partial charge in [-0.15, -0.1) is 0 Å². The summed E-state index contributed by atoms with van der Waals surface area (Å²) in [6.45, 7) is 0. The van der Waals surface area contributed by atoms with Crippen molar-refractivity contribution in [1.29, 1.82) is 0 Å². The van der Waals surface area contributed by atoms with Gasteiger partial charge in [0.25, 0.3) is 0 Å². The Morgan fingerprint density at radius 1 is 0.917 bits per heavy atom. The first-order chi connectivity index (χ1) is 10.7. The number of aliphatic hydroxyl groups excluding tert-OH is 1. The maximum Gasteiger partial charge on any atom is 0.460 e. The molecule has 0 fully saturated rings. The molecule has 1 N–H and O–H groups in total. The number of aliphatic hydroxyl groups is 1. The second kappa shape index (κ2) is 6.34. The molecular weight excluding hydrogens is 359 g/mol. The summed E-state index contributed by atoms with van der Waals surface area (Å²) in [7, 11) is 1.05. The van der Waals surface area contributed by atoms with Crippen LogP contribution >= 0.6 is 0 Å². The number of benzene rings is 1. The second-order valence-corrected chi connectivity index (χ2v) is 4.81. The molecule has 1 unspecified atom stereocenters. The number of ether oxygens (including phenoxy) is 1. The third kappa shape index (κ3) is 3.40. The standard InChI is InChI=1S/C13H11F9O2/c1-24-9-5-3-2-4-7(9)8(23)6-10(14,15)11(16,17)12(18,19)13(20,21)22/h2-5,8,23H,6H2,1H3. The molecule has 0 amide bonds. The van der Waals surface area contributed by atoms with Crippen LogP contribution in [0.4, 0.5) is 39.5 Å². The van der Waals surface area contributed by atoms with E-state index in [1.165, 1.54) is 12.1 Å². The first-order valence-electron chi connectivity index (χ1n) is 6.20. The molecule has 0 aliphatic heterocycles. The maximum absolute atomic E-state index is 13.5. The lowest BCUT2D eigenvalue weighted by molar-refractivity contribution is -0.398. The fourth-order valence-electron chi connectivity index (χ4n) is 1.83. The lowest BCUT2D eigenvalue weighted by atomic mass is 9.95. The van der Waals surface area contributed by atoms with Crippen molar-refractivity contribution in [3.63, 3.8) is 0 Å². The Morgan fingerprint density at radius 3 is 1.88 bits per heavy atom. The van der Waals surface area contributed by atoms with Crippen molar-refractivity contribution in [2.45, 2.75) is 36.5 Å². The topological polar surface area (TPSA) is 29.5 Å². The summed E-state index contributed by atoms with van der Waals surface area (Å²) in [5.41, 5.74) is -0.467. The van der Waals surface area contributed by atoms with Gasteiger partial charge in [0.2, 0.25) is 0 Å². The summed E-state index contributed by atoms with van der Waals surface area (Å²) in [5.74, 6) is -19.8. The first-order valence-corrected chi connectivity index (χ1v) is 6.20. The number of halogens is 9. The highest BCUT2D eigenvalue weighted by atomic mass is 19.4. The van der Waals surface area contributed by atoms with Crippen LogP contribution in [-0.4, -0.2) is 36.2 Å². The Labute approximate surface area is 129 Å². The fraction of sp³-hybridized carbons (Fsp3) is 0.538. The van der Waals surface area contributed by atoms with Crippen LogP contribution < -0.4 is 4.74 Å². The van der Waals surface area contributed by atoms with Gasteiger partial charge in [0.05, 0.1) is 13.2 Å². The predicted molar refractivity (Wildman–Crippen MR) is 63.5 cm³/mol. The maximum atomic E-state index is 13.5. The molecule has 1 aromatic carbocycles. The molecule has 0 aliphatic carbocycles. The van der Waals surface area contributed by atoms with E-state index in [0.29, 0.717) is 0 Å². The molecule has 11 heteroatoms. The van der Waals surface area contributed by atoms with E-state index in [9.17, 15) is 44.6 Å². The molecular formula is C13H11F9O2. The zero-order valence-electron chi connectivity index (χ0n) is 11.9. The predicted octanol–water partition coefficient (Wildman–Crippen LogP) is 4.59. The van der Waals surface area contributed by atoms with Crippen LogP contribution in [0.15, 0.2) is 24.3 Å². The minimum absolute atomic E-state index is 0.230. The summed E-state index contributed by atoms with van der Waals surface area (Å²) in [4.78, 5) is 0. The van der Waals surface area contributed by atoms with E-state index in [0.717, 1.165) is 19.2 Å². The van der Waals surface area contributed by atoms with E-state index < -0.39 is 42.0 Å². The Bertz CT molecular complexity index is 569. The van der Waals surface area contributed by atoms with Crippen LogP contribution in [0.2, 0.25) is 0 Å². The van der Waals surface area contributed by atoms with Gasteiger partial charge < -0.3 is 9.84 Å². The zero-order chi connectivity index (χ0) is 19.0. The second-order valence-electron chi connectivity index (χ2n) is 4.81. The quantitative estimate of drug-likeness (QED) is 0.743. The number of rotatable bonds is 6. The Hall–Kier alpha value is -1.65. The fourth-order valence-corrected chi connectivity index (χ4v) is 1.83. The van der Waals surface area contributed by atoms with Crippen LogP contribution in [0, 0.1) is 0 Å². The average molecular weight is 370 g/mol. The minimum atomic E-state index is -6.98. The van der Waals surface area contributed by atoms with Crippen molar-refractivity contribution < 1.29 is 49.4 Å². The van der Waals surface area contributed by atoms with Crippen LogP contribution in [0.25, 0.3) is 0 Å². The molecule has 0 radical (unpaired) electrons. The number of hydrogen-bond donors (Lipinski definition) is 1. The molecule has 0 bridgehead atoms. The summed E-state index contributed by atoms with van der Waals surface area (Å²) < 4.78 is 119. The summed E-state index contributed by atoms with van der Waals surface area (Å²) in [6, 6.07) is 4.65.